The number of ether oxygens (including phenoxy) is 1. The summed E-state index contributed by atoms with van der Waals surface area (Å²) in [5.41, 5.74) is 4.32. The number of hydrogen-bond donors (Lipinski definition) is 1. The van der Waals surface area contributed by atoms with Crippen LogP contribution in [0.3, 0.4) is 0 Å². The number of hydrogen-bond acceptors (Lipinski definition) is 3. The fraction of sp³-hybridized carbons (Fsp3) is 0.611. The molecule has 116 valence electrons. The third-order valence-corrected chi connectivity index (χ3v) is 4.10. The Morgan fingerprint density at radius 1 is 1.24 bits per heavy atom. The van der Waals surface area contributed by atoms with Crippen LogP contribution in [0.4, 0.5) is 0 Å². The van der Waals surface area contributed by atoms with Gasteiger partial charge in [-0.25, -0.2) is 0 Å². The average molecular weight is 289 g/mol. The molecular weight excluding hydrogens is 262 g/mol. The molecule has 0 aliphatic heterocycles. The predicted molar refractivity (Wildman–Crippen MR) is 85.5 cm³/mol. The van der Waals surface area contributed by atoms with E-state index in [-0.39, 0.29) is 12.0 Å². The van der Waals surface area contributed by atoms with Crippen LogP contribution in [-0.4, -0.2) is 25.2 Å². The molecule has 0 fully saturated rings. The largest absolute Gasteiger partial charge is 0.469 e. The second kappa shape index (κ2) is 7.60. The number of rotatable bonds is 6. The third kappa shape index (κ3) is 4.85. The molecule has 1 aliphatic rings. The van der Waals surface area contributed by atoms with E-state index in [1.807, 2.05) is 0 Å². The predicted octanol–water partition coefficient (Wildman–Crippen LogP) is 3.04. The summed E-state index contributed by atoms with van der Waals surface area (Å²) >= 11 is 0. The first kappa shape index (κ1) is 16.0. The molecule has 0 spiro atoms. The number of esters is 1. The molecule has 1 aromatic carbocycles. The summed E-state index contributed by atoms with van der Waals surface area (Å²) in [4.78, 5) is 11.6. The van der Waals surface area contributed by atoms with Gasteiger partial charge in [-0.1, -0.05) is 32.0 Å². The Hall–Kier alpha value is -1.35. The Morgan fingerprint density at radius 3 is 2.62 bits per heavy atom. The van der Waals surface area contributed by atoms with Crippen molar-refractivity contribution in [2.24, 2.45) is 0 Å². The molecule has 0 bridgehead atoms. The third-order valence-electron chi connectivity index (χ3n) is 4.10. The molecule has 0 amide bonds. The van der Waals surface area contributed by atoms with Crippen molar-refractivity contribution >= 4 is 5.97 Å². The summed E-state index contributed by atoms with van der Waals surface area (Å²) in [7, 11) is 1.45. The molecule has 3 nitrogen and oxygen atoms in total. The van der Waals surface area contributed by atoms with E-state index in [2.05, 4.69) is 37.4 Å². The number of aryl methyl sites for hydroxylation is 2. The van der Waals surface area contributed by atoms with Crippen LogP contribution in [0.5, 0.6) is 0 Å². The highest BCUT2D eigenvalue weighted by Crippen LogP contribution is 2.23. The van der Waals surface area contributed by atoms with E-state index in [1.54, 1.807) is 0 Å². The number of nitrogens with one attached hydrogen (secondary N) is 1. The Labute approximate surface area is 128 Å². The zero-order chi connectivity index (χ0) is 15.2. The van der Waals surface area contributed by atoms with E-state index in [1.165, 1.54) is 49.5 Å². The van der Waals surface area contributed by atoms with Crippen molar-refractivity contribution in [2.45, 2.75) is 64.5 Å². The van der Waals surface area contributed by atoms with Gasteiger partial charge in [0, 0.05) is 12.1 Å². The first-order chi connectivity index (χ1) is 10.1. The van der Waals surface area contributed by atoms with E-state index in [9.17, 15) is 4.79 Å². The van der Waals surface area contributed by atoms with Crippen LogP contribution in [0, 0.1) is 0 Å². The highest BCUT2D eigenvalue weighted by atomic mass is 16.5. The second-order valence-electron chi connectivity index (χ2n) is 6.31. The molecule has 0 aromatic heterocycles. The number of carbonyl (C=O) groups excluding carboxylic acids is 1. The number of carbonyl (C=O) groups is 1. The molecular formula is C18H27NO2. The number of fused-ring (bicyclic) bond motifs is 1. The van der Waals surface area contributed by atoms with Crippen molar-refractivity contribution in [3.05, 3.63) is 34.9 Å². The van der Waals surface area contributed by atoms with Gasteiger partial charge in [0.1, 0.15) is 0 Å². The molecule has 1 aromatic rings. The molecule has 1 aliphatic carbocycles. The van der Waals surface area contributed by atoms with Gasteiger partial charge >= 0.3 is 5.97 Å². The van der Waals surface area contributed by atoms with Gasteiger partial charge in [-0.05, 0) is 48.8 Å². The molecule has 1 N–H and O–H groups in total. The molecule has 1 unspecified atom stereocenters. The van der Waals surface area contributed by atoms with Gasteiger partial charge in [0.05, 0.1) is 13.5 Å². The van der Waals surface area contributed by atoms with E-state index in [0.29, 0.717) is 12.5 Å². The van der Waals surface area contributed by atoms with Crippen molar-refractivity contribution in [3.8, 4) is 0 Å². The molecule has 3 heteroatoms. The maximum atomic E-state index is 11.6. The van der Waals surface area contributed by atoms with Gasteiger partial charge in [0.2, 0.25) is 0 Å². The second-order valence-corrected chi connectivity index (χ2v) is 6.31. The fourth-order valence-electron chi connectivity index (χ4n) is 3.14. The first-order valence-electron chi connectivity index (χ1n) is 8.02. The van der Waals surface area contributed by atoms with Gasteiger partial charge in [0.25, 0.3) is 0 Å². The van der Waals surface area contributed by atoms with Crippen molar-refractivity contribution in [1.29, 1.82) is 0 Å². The normalized spacial score (nSPS) is 15.6. The fourth-order valence-corrected chi connectivity index (χ4v) is 3.14. The number of benzene rings is 1. The molecule has 2 rings (SSSR count). The van der Waals surface area contributed by atoms with Gasteiger partial charge < -0.3 is 10.1 Å². The Kier molecular flexibility index (Phi) is 5.80. The average Bonchev–Trinajstić information content (AvgIpc) is 2.46. The lowest BCUT2D eigenvalue weighted by Crippen LogP contribution is -2.38. The van der Waals surface area contributed by atoms with Crippen molar-refractivity contribution < 1.29 is 9.53 Å². The van der Waals surface area contributed by atoms with Crippen molar-refractivity contribution in [1.82, 2.24) is 5.32 Å². The standard InChI is InChI=1S/C18H27NO2/c1-13(2)19-17(12-18(20)21-3)11-14-8-9-15-6-4-5-7-16(15)10-14/h8-10,13,17,19H,4-7,11-12H2,1-3H3. The van der Waals surface area contributed by atoms with Crippen LogP contribution in [0.2, 0.25) is 0 Å². The lowest BCUT2D eigenvalue weighted by Gasteiger charge is -2.22. The maximum Gasteiger partial charge on any atom is 0.307 e. The summed E-state index contributed by atoms with van der Waals surface area (Å²) in [6.45, 7) is 4.22. The molecule has 0 saturated carbocycles. The topological polar surface area (TPSA) is 38.3 Å². The van der Waals surface area contributed by atoms with E-state index >= 15 is 0 Å². The van der Waals surface area contributed by atoms with Gasteiger partial charge in [-0.15, -0.1) is 0 Å². The molecule has 1 atom stereocenters. The first-order valence-corrected chi connectivity index (χ1v) is 8.02. The summed E-state index contributed by atoms with van der Waals surface area (Å²) in [5, 5.41) is 3.47. The van der Waals surface area contributed by atoms with Gasteiger partial charge in [0.15, 0.2) is 0 Å². The smallest absolute Gasteiger partial charge is 0.307 e. The molecule has 0 heterocycles. The van der Waals surface area contributed by atoms with Crippen LogP contribution < -0.4 is 5.32 Å². The van der Waals surface area contributed by atoms with E-state index in [4.69, 9.17) is 4.74 Å². The van der Waals surface area contributed by atoms with E-state index in [0.717, 1.165) is 6.42 Å². The SMILES string of the molecule is COC(=O)CC(Cc1ccc2c(c1)CCCC2)NC(C)C. The minimum atomic E-state index is -0.147. The molecule has 0 saturated heterocycles. The van der Waals surface area contributed by atoms with Crippen LogP contribution in [0.1, 0.15) is 49.8 Å². The minimum absolute atomic E-state index is 0.138. The number of methoxy groups -OCH3 is 1. The van der Waals surface area contributed by atoms with Gasteiger partial charge in [-0.3, -0.25) is 4.79 Å². The quantitative estimate of drug-likeness (QED) is 0.818. The van der Waals surface area contributed by atoms with Gasteiger partial charge in [-0.2, -0.15) is 0 Å². The summed E-state index contributed by atoms with van der Waals surface area (Å²) in [6.07, 6.45) is 6.32. The Bertz CT molecular complexity index is 482. The van der Waals surface area contributed by atoms with Crippen LogP contribution in [0.25, 0.3) is 0 Å². The lowest BCUT2D eigenvalue weighted by molar-refractivity contribution is -0.141. The van der Waals surface area contributed by atoms with Crippen LogP contribution in [-0.2, 0) is 28.8 Å². The van der Waals surface area contributed by atoms with Crippen LogP contribution >= 0.6 is 0 Å². The van der Waals surface area contributed by atoms with E-state index < -0.39 is 0 Å². The summed E-state index contributed by atoms with van der Waals surface area (Å²) in [6, 6.07) is 7.32. The monoisotopic (exact) mass is 289 g/mol. The highest BCUT2D eigenvalue weighted by Gasteiger charge is 2.17. The van der Waals surface area contributed by atoms with Crippen molar-refractivity contribution in [2.75, 3.05) is 7.11 Å². The van der Waals surface area contributed by atoms with Crippen LogP contribution in [0.15, 0.2) is 18.2 Å². The highest BCUT2D eigenvalue weighted by molar-refractivity contribution is 5.70. The summed E-state index contributed by atoms with van der Waals surface area (Å²) in [5.74, 6) is -0.147. The summed E-state index contributed by atoms with van der Waals surface area (Å²) < 4.78 is 4.81. The Balaban J connectivity index is 2.06. The maximum absolute atomic E-state index is 11.6. The van der Waals surface area contributed by atoms with Crippen molar-refractivity contribution in [3.63, 3.8) is 0 Å². The Morgan fingerprint density at radius 2 is 1.95 bits per heavy atom. The minimum Gasteiger partial charge on any atom is -0.469 e. The zero-order valence-corrected chi connectivity index (χ0v) is 13.4. The molecule has 21 heavy (non-hydrogen) atoms. The lowest BCUT2D eigenvalue weighted by atomic mass is 9.89. The molecule has 0 radical (unpaired) electrons. The zero-order valence-electron chi connectivity index (χ0n) is 13.4.